The van der Waals surface area contributed by atoms with Gasteiger partial charge in [0, 0.05) is 0 Å². The molecule has 0 aromatic heterocycles. The van der Waals surface area contributed by atoms with Crippen molar-refractivity contribution in [1.29, 1.82) is 5.26 Å². The van der Waals surface area contributed by atoms with Crippen LogP contribution in [0.15, 0.2) is 42.5 Å². The van der Waals surface area contributed by atoms with Crippen LogP contribution in [-0.2, 0) is 6.42 Å². The SMILES string of the molecule is N#C[C@@H](CC(F)(F)F)c1ccc2c(c1)Cc1ccccc1-2. The average Bonchev–Trinajstić information content (AvgIpc) is 2.81. The van der Waals surface area contributed by atoms with Gasteiger partial charge in [0.05, 0.1) is 18.4 Å². The molecule has 21 heavy (non-hydrogen) atoms. The van der Waals surface area contributed by atoms with Crippen molar-refractivity contribution < 1.29 is 13.2 Å². The predicted octanol–water partition coefficient (Wildman–Crippen LogP) is 4.82. The van der Waals surface area contributed by atoms with Crippen molar-refractivity contribution >= 4 is 0 Å². The van der Waals surface area contributed by atoms with Crippen molar-refractivity contribution in [3.05, 3.63) is 59.2 Å². The van der Waals surface area contributed by atoms with Crippen LogP contribution >= 0.6 is 0 Å². The van der Waals surface area contributed by atoms with E-state index in [1.807, 2.05) is 30.3 Å². The smallest absolute Gasteiger partial charge is 0.198 e. The zero-order valence-electron chi connectivity index (χ0n) is 11.1. The van der Waals surface area contributed by atoms with E-state index in [0.29, 0.717) is 12.0 Å². The number of nitrogens with zero attached hydrogens (tertiary/aromatic N) is 1. The third-order valence-electron chi connectivity index (χ3n) is 3.81. The maximum absolute atomic E-state index is 12.5. The summed E-state index contributed by atoms with van der Waals surface area (Å²) >= 11 is 0. The Kier molecular flexibility index (Phi) is 3.21. The van der Waals surface area contributed by atoms with Gasteiger partial charge in [-0.25, -0.2) is 0 Å². The van der Waals surface area contributed by atoms with Crippen LogP contribution in [0.2, 0.25) is 0 Å². The Morgan fingerprint density at radius 2 is 1.76 bits per heavy atom. The van der Waals surface area contributed by atoms with Gasteiger partial charge in [-0.1, -0.05) is 42.5 Å². The van der Waals surface area contributed by atoms with Gasteiger partial charge in [-0.3, -0.25) is 0 Å². The Morgan fingerprint density at radius 1 is 1.05 bits per heavy atom. The maximum Gasteiger partial charge on any atom is 0.390 e. The Balaban J connectivity index is 1.95. The molecule has 0 saturated heterocycles. The first-order chi connectivity index (χ1) is 9.98. The van der Waals surface area contributed by atoms with Crippen LogP contribution in [0.5, 0.6) is 0 Å². The molecule has 0 radical (unpaired) electrons. The molecule has 0 heterocycles. The molecule has 0 bridgehead atoms. The molecule has 0 aliphatic heterocycles. The second-order valence-corrected chi connectivity index (χ2v) is 5.25. The van der Waals surface area contributed by atoms with Gasteiger partial charge in [-0.05, 0) is 34.2 Å². The Labute approximate surface area is 120 Å². The molecule has 106 valence electrons. The minimum atomic E-state index is -4.33. The van der Waals surface area contributed by atoms with Crippen LogP contribution in [0.3, 0.4) is 0 Å². The summed E-state index contributed by atoms with van der Waals surface area (Å²) in [5.74, 6) is -1.14. The van der Waals surface area contributed by atoms with Crippen molar-refractivity contribution in [2.24, 2.45) is 0 Å². The number of hydrogen-bond donors (Lipinski definition) is 0. The molecule has 0 amide bonds. The number of halogens is 3. The van der Waals surface area contributed by atoms with E-state index in [1.165, 1.54) is 5.56 Å². The highest BCUT2D eigenvalue weighted by Crippen LogP contribution is 2.39. The average molecular weight is 287 g/mol. The molecular weight excluding hydrogens is 275 g/mol. The van der Waals surface area contributed by atoms with Crippen LogP contribution in [0, 0.1) is 11.3 Å². The van der Waals surface area contributed by atoms with Crippen LogP contribution in [0.1, 0.15) is 29.0 Å². The van der Waals surface area contributed by atoms with Gasteiger partial charge in [0.1, 0.15) is 0 Å². The second kappa shape index (κ2) is 4.92. The normalized spacial score (nSPS) is 14.2. The van der Waals surface area contributed by atoms with Gasteiger partial charge in [0.25, 0.3) is 0 Å². The largest absolute Gasteiger partial charge is 0.390 e. The van der Waals surface area contributed by atoms with Gasteiger partial charge < -0.3 is 0 Å². The summed E-state index contributed by atoms with van der Waals surface area (Å²) in [5, 5.41) is 9.01. The monoisotopic (exact) mass is 287 g/mol. The topological polar surface area (TPSA) is 23.8 Å². The molecule has 1 atom stereocenters. The fourth-order valence-corrected chi connectivity index (χ4v) is 2.85. The standard InChI is InChI=1S/C17H12F3N/c18-17(19,20)9-14(10-21)11-5-6-16-13(7-11)8-12-3-1-2-4-15(12)16/h1-7,14H,8-9H2/t14-/m1/s1. The zero-order chi connectivity index (χ0) is 15.0. The molecule has 1 aliphatic rings. The zero-order valence-corrected chi connectivity index (χ0v) is 11.1. The number of alkyl halides is 3. The van der Waals surface area contributed by atoms with E-state index in [1.54, 1.807) is 18.2 Å². The molecule has 1 aliphatic carbocycles. The Morgan fingerprint density at radius 3 is 2.48 bits per heavy atom. The third-order valence-corrected chi connectivity index (χ3v) is 3.81. The van der Waals surface area contributed by atoms with Gasteiger partial charge in [0.15, 0.2) is 0 Å². The lowest BCUT2D eigenvalue weighted by molar-refractivity contribution is -0.136. The molecule has 0 fully saturated rings. The third kappa shape index (κ3) is 2.64. The fourth-order valence-electron chi connectivity index (χ4n) is 2.85. The second-order valence-electron chi connectivity index (χ2n) is 5.25. The van der Waals surface area contributed by atoms with Gasteiger partial charge >= 0.3 is 6.18 Å². The van der Waals surface area contributed by atoms with E-state index in [4.69, 9.17) is 5.26 Å². The summed E-state index contributed by atoms with van der Waals surface area (Å²) in [7, 11) is 0. The molecule has 2 aromatic carbocycles. The lowest BCUT2D eigenvalue weighted by Gasteiger charge is -2.13. The summed E-state index contributed by atoms with van der Waals surface area (Å²) in [6.07, 6.45) is -4.72. The highest BCUT2D eigenvalue weighted by atomic mass is 19.4. The van der Waals surface area contributed by atoms with E-state index in [9.17, 15) is 13.2 Å². The van der Waals surface area contributed by atoms with Crippen molar-refractivity contribution in [3.63, 3.8) is 0 Å². The van der Waals surface area contributed by atoms with Crippen LogP contribution in [0.25, 0.3) is 11.1 Å². The van der Waals surface area contributed by atoms with Gasteiger partial charge in [-0.2, -0.15) is 18.4 Å². The summed E-state index contributed by atoms with van der Waals surface area (Å²) in [6.45, 7) is 0. The van der Waals surface area contributed by atoms with E-state index in [2.05, 4.69) is 0 Å². The molecular formula is C17H12F3N. The van der Waals surface area contributed by atoms with Crippen molar-refractivity contribution in [2.75, 3.05) is 0 Å². The summed E-state index contributed by atoms with van der Waals surface area (Å²) in [5.41, 5.74) is 4.80. The minimum Gasteiger partial charge on any atom is -0.198 e. The number of fused-ring (bicyclic) bond motifs is 3. The summed E-state index contributed by atoms with van der Waals surface area (Å²) < 4.78 is 37.5. The lowest BCUT2D eigenvalue weighted by atomic mass is 9.93. The van der Waals surface area contributed by atoms with E-state index in [-0.39, 0.29) is 0 Å². The van der Waals surface area contributed by atoms with Crippen LogP contribution in [0.4, 0.5) is 13.2 Å². The minimum absolute atomic E-state index is 0.446. The number of rotatable bonds is 2. The summed E-state index contributed by atoms with van der Waals surface area (Å²) in [6, 6.07) is 14.9. The first-order valence-electron chi connectivity index (χ1n) is 6.65. The molecule has 0 unspecified atom stereocenters. The van der Waals surface area contributed by atoms with E-state index in [0.717, 1.165) is 16.7 Å². The Hall–Kier alpha value is -2.28. The van der Waals surface area contributed by atoms with Crippen LogP contribution < -0.4 is 0 Å². The van der Waals surface area contributed by atoms with Gasteiger partial charge in [-0.15, -0.1) is 0 Å². The van der Waals surface area contributed by atoms with Crippen molar-refractivity contribution in [3.8, 4) is 17.2 Å². The molecule has 0 saturated carbocycles. The van der Waals surface area contributed by atoms with E-state index >= 15 is 0 Å². The van der Waals surface area contributed by atoms with E-state index < -0.39 is 18.5 Å². The fraction of sp³-hybridized carbons (Fsp3) is 0.235. The first-order valence-corrected chi connectivity index (χ1v) is 6.65. The highest BCUT2D eigenvalue weighted by molar-refractivity contribution is 5.77. The molecule has 0 spiro atoms. The van der Waals surface area contributed by atoms with Crippen molar-refractivity contribution in [2.45, 2.75) is 24.9 Å². The maximum atomic E-state index is 12.5. The predicted molar refractivity (Wildman–Crippen MR) is 73.7 cm³/mol. The molecule has 4 heteroatoms. The number of hydrogen-bond acceptors (Lipinski definition) is 1. The highest BCUT2D eigenvalue weighted by Gasteiger charge is 2.33. The van der Waals surface area contributed by atoms with Gasteiger partial charge in [0.2, 0.25) is 0 Å². The van der Waals surface area contributed by atoms with Crippen molar-refractivity contribution in [1.82, 2.24) is 0 Å². The quantitative estimate of drug-likeness (QED) is 0.663. The summed E-state index contributed by atoms with van der Waals surface area (Å²) in [4.78, 5) is 0. The number of benzene rings is 2. The Bertz CT molecular complexity index is 726. The molecule has 1 nitrogen and oxygen atoms in total. The molecule has 3 rings (SSSR count). The molecule has 0 N–H and O–H groups in total. The number of nitriles is 1. The first kappa shape index (κ1) is 13.7. The lowest BCUT2D eigenvalue weighted by Crippen LogP contribution is -2.13. The van der Waals surface area contributed by atoms with Crippen LogP contribution in [-0.4, -0.2) is 6.18 Å². The molecule has 2 aromatic rings.